The highest BCUT2D eigenvalue weighted by Gasteiger charge is 2.24. The predicted octanol–water partition coefficient (Wildman–Crippen LogP) is 2.57. The summed E-state index contributed by atoms with van der Waals surface area (Å²) in [7, 11) is 0. The fraction of sp³-hybridized carbons (Fsp3) is 0.500. The molecule has 1 aromatic rings. The summed E-state index contributed by atoms with van der Waals surface area (Å²) in [6.45, 7) is 0. The van der Waals surface area contributed by atoms with Crippen molar-refractivity contribution in [2.75, 3.05) is 12.0 Å². The molecule has 5 nitrogen and oxygen atoms in total. The molecule has 0 radical (unpaired) electrons. The average Bonchev–Trinajstić information content (AvgIpc) is 2.51. The predicted molar refractivity (Wildman–Crippen MR) is 88.2 cm³/mol. The number of amides is 2. The van der Waals surface area contributed by atoms with Gasteiger partial charge in [-0.3, -0.25) is 0 Å². The van der Waals surface area contributed by atoms with Crippen LogP contribution in [0.5, 0.6) is 0 Å². The third kappa shape index (κ3) is 4.40. The Morgan fingerprint density at radius 1 is 1.41 bits per heavy atom. The van der Waals surface area contributed by atoms with E-state index in [1.807, 2.05) is 24.5 Å². The molecule has 0 aromatic heterocycles. The van der Waals surface area contributed by atoms with Gasteiger partial charge in [0.2, 0.25) is 0 Å². The summed E-state index contributed by atoms with van der Waals surface area (Å²) in [6.07, 6.45) is 5.27. The quantitative estimate of drug-likeness (QED) is 0.752. The molecule has 0 fully saturated rings. The number of hydrogen-bond donors (Lipinski definition) is 3. The van der Waals surface area contributed by atoms with Crippen LogP contribution in [0.2, 0.25) is 0 Å². The Labute approximate surface area is 134 Å². The minimum Gasteiger partial charge on any atom is -0.480 e. The summed E-state index contributed by atoms with van der Waals surface area (Å²) >= 11 is 1.57. The second-order valence-corrected chi connectivity index (χ2v) is 6.42. The van der Waals surface area contributed by atoms with Crippen LogP contribution in [0.3, 0.4) is 0 Å². The SMILES string of the molecule is CSCC[C@H](NC(=O)N[C@H]1CCCc2ccccc21)C(=O)O. The molecule has 22 heavy (non-hydrogen) atoms. The first-order valence-corrected chi connectivity index (χ1v) is 8.87. The van der Waals surface area contributed by atoms with Gasteiger partial charge in [-0.05, 0) is 48.8 Å². The summed E-state index contributed by atoms with van der Waals surface area (Å²) < 4.78 is 0. The molecule has 2 amide bonds. The van der Waals surface area contributed by atoms with E-state index < -0.39 is 18.0 Å². The highest BCUT2D eigenvalue weighted by atomic mass is 32.2. The van der Waals surface area contributed by atoms with Crippen molar-refractivity contribution in [3.05, 3.63) is 35.4 Å². The molecule has 0 spiro atoms. The number of aryl methyl sites for hydroxylation is 1. The maximum Gasteiger partial charge on any atom is 0.326 e. The van der Waals surface area contributed by atoms with Crippen LogP contribution in [-0.4, -0.2) is 35.2 Å². The van der Waals surface area contributed by atoms with E-state index in [-0.39, 0.29) is 6.04 Å². The van der Waals surface area contributed by atoms with Gasteiger partial charge >= 0.3 is 12.0 Å². The summed E-state index contributed by atoms with van der Waals surface area (Å²) in [6, 6.07) is 6.79. The first kappa shape index (κ1) is 16.7. The Morgan fingerprint density at radius 3 is 2.91 bits per heavy atom. The molecule has 0 bridgehead atoms. The normalized spacial score (nSPS) is 18.1. The standard InChI is InChI=1S/C16H22N2O3S/c1-22-10-9-14(15(19)20)18-16(21)17-13-8-4-6-11-5-2-3-7-12(11)13/h2-3,5,7,13-14H,4,6,8-10H2,1H3,(H,19,20)(H2,17,18,21)/t13-,14-/m0/s1. The Kier molecular flexibility index (Phi) is 6.12. The van der Waals surface area contributed by atoms with Gasteiger partial charge in [0.15, 0.2) is 0 Å². The fourth-order valence-electron chi connectivity index (χ4n) is 2.76. The first-order valence-electron chi connectivity index (χ1n) is 7.48. The number of carboxylic acid groups (broad SMARTS) is 1. The Bertz CT molecular complexity index is 536. The maximum absolute atomic E-state index is 12.1. The van der Waals surface area contributed by atoms with Crippen molar-refractivity contribution in [2.45, 2.75) is 37.8 Å². The van der Waals surface area contributed by atoms with Crippen LogP contribution in [0, 0.1) is 0 Å². The molecule has 6 heteroatoms. The zero-order valence-electron chi connectivity index (χ0n) is 12.7. The third-order valence-electron chi connectivity index (χ3n) is 3.89. The average molecular weight is 322 g/mol. The molecule has 0 aliphatic heterocycles. The molecule has 3 N–H and O–H groups in total. The van der Waals surface area contributed by atoms with E-state index >= 15 is 0 Å². The van der Waals surface area contributed by atoms with E-state index in [1.54, 1.807) is 11.8 Å². The van der Waals surface area contributed by atoms with E-state index in [9.17, 15) is 9.59 Å². The van der Waals surface area contributed by atoms with Gasteiger partial charge in [-0.25, -0.2) is 9.59 Å². The number of rotatable bonds is 6. The van der Waals surface area contributed by atoms with Crippen LogP contribution >= 0.6 is 11.8 Å². The second kappa shape index (κ2) is 8.08. The minimum atomic E-state index is -0.992. The largest absolute Gasteiger partial charge is 0.480 e. The topological polar surface area (TPSA) is 78.4 Å². The highest BCUT2D eigenvalue weighted by molar-refractivity contribution is 7.98. The van der Waals surface area contributed by atoms with Crippen LogP contribution in [0.25, 0.3) is 0 Å². The minimum absolute atomic E-state index is 0.0417. The lowest BCUT2D eigenvalue weighted by atomic mass is 9.88. The maximum atomic E-state index is 12.1. The molecule has 0 saturated carbocycles. The molecule has 1 aliphatic rings. The Hall–Kier alpha value is -1.69. The van der Waals surface area contributed by atoms with Crippen LogP contribution in [0.15, 0.2) is 24.3 Å². The number of hydrogen-bond acceptors (Lipinski definition) is 3. The Morgan fingerprint density at radius 2 is 2.18 bits per heavy atom. The molecule has 0 heterocycles. The van der Waals surface area contributed by atoms with Crippen molar-refractivity contribution < 1.29 is 14.7 Å². The van der Waals surface area contributed by atoms with Gasteiger partial charge in [-0.2, -0.15) is 11.8 Å². The van der Waals surface area contributed by atoms with Crippen LogP contribution < -0.4 is 10.6 Å². The molecule has 2 atom stereocenters. The number of benzene rings is 1. The van der Waals surface area contributed by atoms with Crippen molar-refractivity contribution in [2.24, 2.45) is 0 Å². The second-order valence-electron chi connectivity index (χ2n) is 5.43. The number of nitrogens with one attached hydrogen (secondary N) is 2. The number of carbonyl (C=O) groups excluding carboxylic acids is 1. The van der Waals surface area contributed by atoms with Gasteiger partial charge in [0.05, 0.1) is 6.04 Å². The third-order valence-corrected chi connectivity index (χ3v) is 4.53. The summed E-state index contributed by atoms with van der Waals surface area (Å²) in [5.41, 5.74) is 2.40. The van der Waals surface area contributed by atoms with Gasteiger partial charge in [0, 0.05) is 0 Å². The molecular formula is C16H22N2O3S. The van der Waals surface area contributed by atoms with Gasteiger partial charge < -0.3 is 15.7 Å². The molecule has 2 rings (SSSR count). The molecule has 1 aromatic carbocycles. The smallest absolute Gasteiger partial charge is 0.326 e. The van der Waals surface area contributed by atoms with E-state index in [0.717, 1.165) is 24.8 Å². The van der Waals surface area contributed by atoms with Crippen LogP contribution in [0.1, 0.15) is 36.4 Å². The Balaban J connectivity index is 1.96. The zero-order chi connectivity index (χ0) is 15.9. The summed E-state index contributed by atoms with van der Waals surface area (Å²) in [5.74, 6) is -0.294. The first-order chi connectivity index (χ1) is 10.6. The number of thioether (sulfide) groups is 1. The van der Waals surface area contributed by atoms with E-state index in [4.69, 9.17) is 5.11 Å². The summed E-state index contributed by atoms with van der Waals surface area (Å²) in [4.78, 5) is 23.3. The van der Waals surface area contributed by atoms with Crippen molar-refractivity contribution in [3.8, 4) is 0 Å². The number of carbonyl (C=O) groups is 2. The zero-order valence-corrected chi connectivity index (χ0v) is 13.5. The van der Waals surface area contributed by atoms with Crippen molar-refractivity contribution in [3.63, 3.8) is 0 Å². The highest BCUT2D eigenvalue weighted by Crippen LogP contribution is 2.29. The van der Waals surface area contributed by atoms with Crippen LogP contribution in [-0.2, 0) is 11.2 Å². The molecular weight excluding hydrogens is 300 g/mol. The lowest BCUT2D eigenvalue weighted by molar-refractivity contribution is -0.139. The van der Waals surface area contributed by atoms with Crippen LogP contribution in [0.4, 0.5) is 4.79 Å². The van der Waals surface area contributed by atoms with Gasteiger partial charge in [0.25, 0.3) is 0 Å². The van der Waals surface area contributed by atoms with E-state index in [0.29, 0.717) is 12.2 Å². The number of urea groups is 1. The van der Waals surface area contributed by atoms with Gasteiger partial charge in [-0.1, -0.05) is 24.3 Å². The fourth-order valence-corrected chi connectivity index (χ4v) is 3.23. The number of fused-ring (bicyclic) bond motifs is 1. The molecule has 120 valence electrons. The monoisotopic (exact) mass is 322 g/mol. The summed E-state index contributed by atoms with van der Waals surface area (Å²) in [5, 5.41) is 14.6. The van der Waals surface area contributed by atoms with Gasteiger partial charge in [0.1, 0.15) is 6.04 Å². The van der Waals surface area contributed by atoms with Crippen molar-refractivity contribution >= 4 is 23.8 Å². The van der Waals surface area contributed by atoms with Gasteiger partial charge in [-0.15, -0.1) is 0 Å². The van der Waals surface area contributed by atoms with E-state index in [1.165, 1.54) is 5.56 Å². The van der Waals surface area contributed by atoms with Crippen molar-refractivity contribution in [1.82, 2.24) is 10.6 Å². The van der Waals surface area contributed by atoms with Crippen molar-refractivity contribution in [1.29, 1.82) is 0 Å². The lowest BCUT2D eigenvalue weighted by Crippen LogP contribution is -2.47. The molecule has 1 aliphatic carbocycles. The number of carboxylic acids is 1. The lowest BCUT2D eigenvalue weighted by Gasteiger charge is -2.27. The van der Waals surface area contributed by atoms with E-state index in [2.05, 4.69) is 16.7 Å². The molecule has 0 saturated heterocycles. The molecule has 0 unspecified atom stereocenters. The number of aliphatic carboxylic acids is 1.